The van der Waals surface area contributed by atoms with Crippen LogP contribution >= 0.6 is 0 Å². The molecule has 0 spiro atoms. The van der Waals surface area contributed by atoms with E-state index in [4.69, 9.17) is 14.2 Å². The SMILES string of the molecule is CC/C=C\C/C=C\C/C=C\C/C=C\CCCCCCCCCCCCCCCCCCC(=O)OCC(COC(=O)CCCCCCCCCCCCCCCC)OC(=O)CCCCCCCC/C=C\C/C=C\C/C=C\C/C=C\CC. The molecule has 0 aliphatic carbocycles. The van der Waals surface area contributed by atoms with Crippen LogP contribution in [-0.4, -0.2) is 37.2 Å². The fraction of sp³-hybridized carbons (Fsp3) is 0.743. The van der Waals surface area contributed by atoms with Crippen molar-refractivity contribution in [1.29, 1.82) is 0 Å². The van der Waals surface area contributed by atoms with Gasteiger partial charge in [-0.2, -0.15) is 0 Å². The first kappa shape index (κ1) is 76.3. The largest absolute Gasteiger partial charge is 0.462 e. The predicted octanol–water partition coefficient (Wildman–Crippen LogP) is 23.6. The molecule has 6 heteroatoms. The van der Waals surface area contributed by atoms with Gasteiger partial charge in [-0.05, 0) is 96.3 Å². The third-order valence-electron chi connectivity index (χ3n) is 14.8. The highest BCUT2D eigenvalue weighted by molar-refractivity contribution is 5.71. The Kier molecular flexibility index (Phi) is 64.7. The van der Waals surface area contributed by atoms with Crippen molar-refractivity contribution < 1.29 is 28.6 Å². The molecular weight excluding hydrogens is 985 g/mol. The molecule has 0 bridgehead atoms. The zero-order valence-electron chi connectivity index (χ0n) is 52.8. The summed E-state index contributed by atoms with van der Waals surface area (Å²) in [7, 11) is 0. The van der Waals surface area contributed by atoms with Gasteiger partial charge in [0, 0.05) is 19.3 Å². The van der Waals surface area contributed by atoms with E-state index >= 15 is 0 Å². The monoisotopic (exact) mass is 1110 g/mol. The standard InChI is InChI=1S/C74H128O6/c1-4-7-10-13-16-19-22-25-28-30-32-33-34-35-36-37-38-39-40-41-43-44-46-49-52-55-58-61-64-67-73(76)79-70-71(69-78-72(75)66-63-60-57-54-51-48-27-24-21-18-15-12-9-6-3)80-74(77)68-65-62-59-56-53-50-47-45-42-31-29-26-23-20-17-14-11-8-5-2/h7-8,10-11,16-17,19-20,25-26,28-29,32-33,42,45,71H,4-6,9,12-15,18,21-24,27,30-31,34-41,43-44,46-70H2,1-3H3/b10-7-,11-8-,19-16-,20-17-,28-25-,29-26-,33-32-,45-42-. The average Bonchev–Trinajstić information content (AvgIpc) is 3.46. The van der Waals surface area contributed by atoms with Crippen LogP contribution in [0.15, 0.2) is 97.2 Å². The lowest BCUT2D eigenvalue weighted by Gasteiger charge is -2.18. The summed E-state index contributed by atoms with van der Waals surface area (Å²) < 4.78 is 17.0. The van der Waals surface area contributed by atoms with Gasteiger partial charge < -0.3 is 14.2 Å². The lowest BCUT2D eigenvalue weighted by atomic mass is 10.0. The molecule has 0 radical (unpaired) electrons. The first-order chi connectivity index (χ1) is 39.5. The van der Waals surface area contributed by atoms with Crippen LogP contribution in [0.4, 0.5) is 0 Å². The van der Waals surface area contributed by atoms with Crippen LogP contribution in [0, 0.1) is 0 Å². The first-order valence-electron chi connectivity index (χ1n) is 34.2. The highest BCUT2D eigenvalue weighted by Crippen LogP contribution is 2.17. The molecule has 0 saturated heterocycles. The molecule has 0 aromatic heterocycles. The molecule has 0 amide bonds. The van der Waals surface area contributed by atoms with Crippen LogP contribution in [0.5, 0.6) is 0 Å². The Hall–Kier alpha value is -3.67. The Morgan fingerprint density at radius 2 is 0.487 bits per heavy atom. The van der Waals surface area contributed by atoms with E-state index in [1.165, 1.54) is 173 Å². The van der Waals surface area contributed by atoms with Crippen molar-refractivity contribution in [3.63, 3.8) is 0 Å². The maximum atomic E-state index is 12.9. The van der Waals surface area contributed by atoms with Crippen molar-refractivity contribution >= 4 is 17.9 Å². The van der Waals surface area contributed by atoms with Crippen molar-refractivity contribution in [2.24, 2.45) is 0 Å². The molecule has 1 unspecified atom stereocenters. The lowest BCUT2D eigenvalue weighted by molar-refractivity contribution is -0.167. The molecule has 0 rings (SSSR count). The molecular formula is C74H128O6. The average molecular weight is 1110 g/mol. The van der Waals surface area contributed by atoms with Crippen molar-refractivity contribution in [2.75, 3.05) is 13.2 Å². The maximum absolute atomic E-state index is 12.9. The normalized spacial score (nSPS) is 12.7. The number of hydrogen-bond acceptors (Lipinski definition) is 6. The fourth-order valence-electron chi connectivity index (χ4n) is 9.78. The molecule has 0 aromatic carbocycles. The molecule has 0 aromatic rings. The molecule has 80 heavy (non-hydrogen) atoms. The molecule has 6 nitrogen and oxygen atoms in total. The second-order valence-corrected chi connectivity index (χ2v) is 22.7. The second-order valence-electron chi connectivity index (χ2n) is 22.7. The summed E-state index contributed by atoms with van der Waals surface area (Å²) in [6, 6.07) is 0. The van der Waals surface area contributed by atoms with Gasteiger partial charge in [0.05, 0.1) is 0 Å². The summed E-state index contributed by atoms with van der Waals surface area (Å²) in [6.45, 7) is 6.44. The van der Waals surface area contributed by atoms with Crippen molar-refractivity contribution in [3.05, 3.63) is 97.2 Å². The third-order valence-corrected chi connectivity index (χ3v) is 14.8. The number of esters is 3. The van der Waals surface area contributed by atoms with Gasteiger partial charge >= 0.3 is 17.9 Å². The minimum Gasteiger partial charge on any atom is -0.462 e. The highest BCUT2D eigenvalue weighted by atomic mass is 16.6. The molecule has 0 aliphatic heterocycles. The number of unbranched alkanes of at least 4 members (excludes halogenated alkanes) is 35. The van der Waals surface area contributed by atoms with E-state index in [0.29, 0.717) is 19.3 Å². The Bertz CT molecular complexity index is 1560. The van der Waals surface area contributed by atoms with Crippen molar-refractivity contribution in [2.45, 2.75) is 341 Å². The molecule has 0 fully saturated rings. The number of hydrogen-bond donors (Lipinski definition) is 0. The Morgan fingerprint density at radius 1 is 0.263 bits per heavy atom. The van der Waals surface area contributed by atoms with Gasteiger partial charge in [0.1, 0.15) is 13.2 Å². The van der Waals surface area contributed by atoms with Crippen LogP contribution in [-0.2, 0) is 28.6 Å². The topological polar surface area (TPSA) is 78.9 Å². The van der Waals surface area contributed by atoms with E-state index in [1.807, 2.05) is 0 Å². The van der Waals surface area contributed by atoms with Gasteiger partial charge in [-0.3, -0.25) is 14.4 Å². The van der Waals surface area contributed by atoms with Gasteiger partial charge in [0.15, 0.2) is 6.10 Å². The summed E-state index contributed by atoms with van der Waals surface area (Å²) in [5.41, 5.74) is 0. The van der Waals surface area contributed by atoms with E-state index in [1.54, 1.807) is 0 Å². The van der Waals surface area contributed by atoms with Gasteiger partial charge in [-0.1, -0.05) is 317 Å². The second kappa shape index (κ2) is 67.8. The van der Waals surface area contributed by atoms with Crippen molar-refractivity contribution in [3.8, 4) is 0 Å². The molecule has 0 aliphatic rings. The molecule has 0 N–H and O–H groups in total. The minimum atomic E-state index is -0.784. The number of rotatable bonds is 62. The van der Waals surface area contributed by atoms with Crippen LogP contribution in [0.1, 0.15) is 335 Å². The molecule has 0 heterocycles. The number of carbonyl (C=O) groups is 3. The Morgan fingerprint density at radius 3 is 0.762 bits per heavy atom. The van der Waals surface area contributed by atoms with Gasteiger partial charge in [-0.15, -0.1) is 0 Å². The number of allylic oxidation sites excluding steroid dienone is 16. The summed E-state index contributed by atoms with van der Waals surface area (Å²) in [5, 5.41) is 0. The third kappa shape index (κ3) is 65.1. The van der Waals surface area contributed by atoms with E-state index in [-0.39, 0.29) is 31.1 Å². The Balaban J connectivity index is 4.27. The van der Waals surface area contributed by atoms with E-state index < -0.39 is 6.10 Å². The smallest absolute Gasteiger partial charge is 0.306 e. The maximum Gasteiger partial charge on any atom is 0.306 e. The Labute approximate surface area is 496 Å². The van der Waals surface area contributed by atoms with Crippen LogP contribution < -0.4 is 0 Å². The van der Waals surface area contributed by atoms with Gasteiger partial charge in [-0.25, -0.2) is 0 Å². The number of carbonyl (C=O) groups excluding carboxylic acids is 3. The van der Waals surface area contributed by atoms with E-state index in [2.05, 4.69) is 118 Å². The van der Waals surface area contributed by atoms with E-state index in [0.717, 1.165) is 122 Å². The summed E-state index contributed by atoms with van der Waals surface area (Å²) in [5.74, 6) is -0.876. The number of ether oxygens (including phenoxy) is 3. The highest BCUT2D eigenvalue weighted by Gasteiger charge is 2.19. The van der Waals surface area contributed by atoms with Gasteiger partial charge in [0.2, 0.25) is 0 Å². The zero-order chi connectivity index (χ0) is 57.8. The lowest BCUT2D eigenvalue weighted by Crippen LogP contribution is -2.30. The van der Waals surface area contributed by atoms with Crippen LogP contribution in [0.2, 0.25) is 0 Å². The predicted molar refractivity (Wildman–Crippen MR) is 348 cm³/mol. The first-order valence-corrected chi connectivity index (χ1v) is 34.2. The van der Waals surface area contributed by atoms with E-state index in [9.17, 15) is 14.4 Å². The fourth-order valence-corrected chi connectivity index (χ4v) is 9.78. The molecule has 1 atom stereocenters. The molecule has 460 valence electrons. The summed E-state index contributed by atoms with van der Waals surface area (Å²) in [6.07, 6.45) is 91.4. The zero-order valence-corrected chi connectivity index (χ0v) is 52.8. The summed E-state index contributed by atoms with van der Waals surface area (Å²) in [4.78, 5) is 38.4. The van der Waals surface area contributed by atoms with Crippen LogP contribution in [0.3, 0.4) is 0 Å². The quantitative estimate of drug-likeness (QED) is 0.0261. The van der Waals surface area contributed by atoms with Gasteiger partial charge in [0.25, 0.3) is 0 Å². The minimum absolute atomic E-state index is 0.0790. The van der Waals surface area contributed by atoms with Crippen LogP contribution in [0.25, 0.3) is 0 Å². The van der Waals surface area contributed by atoms with Crippen molar-refractivity contribution in [1.82, 2.24) is 0 Å². The summed E-state index contributed by atoms with van der Waals surface area (Å²) >= 11 is 0. The molecule has 0 saturated carbocycles.